The Hall–Kier alpha value is -3.41. The van der Waals surface area contributed by atoms with Crippen molar-refractivity contribution in [1.29, 1.82) is 0 Å². The van der Waals surface area contributed by atoms with Gasteiger partial charge in [0.25, 0.3) is 5.91 Å². The second-order valence-electron chi connectivity index (χ2n) is 5.67. The number of ether oxygens (including phenoxy) is 2. The fourth-order valence-electron chi connectivity index (χ4n) is 2.51. The monoisotopic (exact) mass is 350 g/mol. The van der Waals surface area contributed by atoms with Crippen LogP contribution in [0.1, 0.15) is 16.1 Å². The number of nitrogens with zero attached hydrogens (tertiary/aromatic N) is 1. The van der Waals surface area contributed by atoms with Gasteiger partial charge >= 0.3 is 5.97 Å². The molecule has 0 aliphatic heterocycles. The molecule has 1 N–H and O–H groups in total. The standard InChI is InChI=1S/C20H18N2O4/c1-13-7-3-5-9-15(13)22-19(23)12-26-18-11-17(20(24)25-2)21-16-10-6-4-8-14(16)18/h3-11H,12H2,1-2H3,(H,22,23). The highest BCUT2D eigenvalue weighted by Gasteiger charge is 2.14. The molecule has 2 aromatic carbocycles. The van der Waals surface area contributed by atoms with Gasteiger partial charge in [0.2, 0.25) is 0 Å². The van der Waals surface area contributed by atoms with E-state index in [0.29, 0.717) is 16.7 Å². The minimum absolute atomic E-state index is 0.125. The van der Waals surface area contributed by atoms with Crippen LogP contribution in [0.2, 0.25) is 0 Å². The molecule has 1 aromatic heterocycles. The van der Waals surface area contributed by atoms with E-state index in [1.54, 1.807) is 6.07 Å². The lowest BCUT2D eigenvalue weighted by atomic mass is 10.2. The number of aryl methyl sites for hydroxylation is 1. The average molecular weight is 350 g/mol. The number of carbonyl (C=O) groups is 2. The van der Waals surface area contributed by atoms with Crippen molar-refractivity contribution in [3.05, 3.63) is 65.9 Å². The topological polar surface area (TPSA) is 77.5 Å². The normalized spacial score (nSPS) is 10.4. The maximum Gasteiger partial charge on any atom is 0.356 e. The number of esters is 1. The summed E-state index contributed by atoms with van der Waals surface area (Å²) in [6.45, 7) is 1.72. The van der Waals surface area contributed by atoms with Gasteiger partial charge in [-0.25, -0.2) is 9.78 Å². The number of anilines is 1. The van der Waals surface area contributed by atoms with Crippen molar-refractivity contribution in [2.45, 2.75) is 6.92 Å². The summed E-state index contributed by atoms with van der Waals surface area (Å²) in [6.07, 6.45) is 0. The van der Waals surface area contributed by atoms with Crippen LogP contribution >= 0.6 is 0 Å². The molecule has 0 spiro atoms. The number of amides is 1. The second-order valence-corrected chi connectivity index (χ2v) is 5.67. The van der Waals surface area contributed by atoms with E-state index in [1.165, 1.54) is 13.2 Å². The van der Waals surface area contributed by atoms with Crippen LogP contribution in [0, 0.1) is 6.92 Å². The summed E-state index contributed by atoms with van der Waals surface area (Å²) in [5.41, 5.74) is 2.41. The molecule has 3 rings (SSSR count). The molecular formula is C20H18N2O4. The van der Waals surface area contributed by atoms with E-state index in [2.05, 4.69) is 10.3 Å². The number of para-hydroxylation sites is 2. The Labute approximate surface area is 150 Å². The number of rotatable bonds is 5. The number of hydrogen-bond acceptors (Lipinski definition) is 5. The quantitative estimate of drug-likeness (QED) is 0.714. The molecule has 0 bridgehead atoms. The van der Waals surface area contributed by atoms with Crippen molar-refractivity contribution in [2.24, 2.45) is 0 Å². The van der Waals surface area contributed by atoms with Crippen molar-refractivity contribution >= 4 is 28.5 Å². The lowest BCUT2D eigenvalue weighted by Crippen LogP contribution is -2.21. The molecule has 0 saturated heterocycles. The maximum atomic E-state index is 12.2. The molecule has 1 heterocycles. The Kier molecular flexibility index (Phi) is 5.12. The Bertz CT molecular complexity index is 969. The predicted molar refractivity (Wildman–Crippen MR) is 98.4 cm³/mol. The molecule has 0 aliphatic rings. The third-order valence-electron chi connectivity index (χ3n) is 3.85. The van der Waals surface area contributed by atoms with E-state index in [0.717, 1.165) is 11.3 Å². The fourth-order valence-corrected chi connectivity index (χ4v) is 2.51. The Morgan fingerprint density at radius 3 is 2.58 bits per heavy atom. The average Bonchev–Trinajstić information content (AvgIpc) is 2.67. The lowest BCUT2D eigenvalue weighted by molar-refractivity contribution is -0.118. The molecule has 0 unspecified atom stereocenters. The number of carbonyl (C=O) groups excluding carboxylic acids is 2. The minimum Gasteiger partial charge on any atom is -0.483 e. The molecule has 0 radical (unpaired) electrons. The SMILES string of the molecule is COC(=O)c1cc(OCC(=O)Nc2ccccc2C)c2ccccc2n1. The first-order chi connectivity index (χ1) is 12.6. The third kappa shape index (κ3) is 3.80. The predicted octanol–water partition coefficient (Wildman–Crippen LogP) is 3.35. The summed E-state index contributed by atoms with van der Waals surface area (Å²) >= 11 is 0. The van der Waals surface area contributed by atoms with Crippen LogP contribution in [-0.4, -0.2) is 30.6 Å². The first kappa shape index (κ1) is 17.4. The zero-order valence-corrected chi connectivity index (χ0v) is 14.5. The van der Waals surface area contributed by atoms with Crippen molar-refractivity contribution in [3.63, 3.8) is 0 Å². The Balaban J connectivity index is 1.80. The van der Waals surface area contributed by atoms with E-state index in [9.17, 15) is 9.59 Å². The summed E-state index contributed by atoms with van der Waals surface area (Å²) in [5, 5.41) is 3.52. The number of methoxy groups -OCH3 is 1. The van der Waals surface area contributed by atoms with Gasteiger partial charge in [-0.2, -0.15) is 0 Å². The van der Waals surface area contributed by atoms with Gasteiger partial charge in [0, 0.05) is 17.1 Å². The van der Waals surface area contributed by atoms with E-state index < -0.39 is 5.97 Å². The van der Waals surface area contributed by atoms with Gasteiger partial charge in [0.05, 0.1) is 12.6 Å². The molecule has 0 atom stereocenters. The van der Waals surface area contributed by atoms with Gasteiger partial charge in [-0.05, 0) is 30.7 Å². The van der Waals surface area contributed by atoms with Gasteiger partial charge in [-0.3, -0.25) is 4.79 Å². The Morgan fingerprint density at radius 1 is 1.08 bits per heavy atom. The third-order valence-corrected chi connectivity index (χ3v) is 3.85. The van der Waals surface area contributed by atoms with Crippen LogP contribution in [0.25, 0.3) is 10.9 Å². The highest BCUT2D eigenvalue weighted by molar-refractivity contribution is 5.95. The zero-order chi connectivity index (χ0) is 18.5. The van der Waals surface area contributed by atoms with Gasteiger partial charge in [0.1, 0.15) is 5.75 Å². The first-order valence-electron chi connectivity index (χ1n) is 8.05. The minimum atomic E-state index is -0.565. The molecule has 0 saturated carbocycles. The molecule has 132 valence electrons. The van der Waals surface area contributed by atoms with E-state index in [4.69, 9.17) is 9.47 Å². The summed E-state index contributed by atoms with van der Waals surface area (Å²) in [7, 11) is 1.29. The fraction of sp³-hybridized carbons (Fsp3) is 0.150. The van der Waals surface area contributed by atoms with Crippen LogP contribution < -0.4 is 10.1 Å². The van der Waals surface area contributed by atoms with Gasteiger partial charge < -0.3 is 14.8 Å². The number of aromatic nitrogens is 1. The summed E-state index contributed by atoms with van der Waals surface area (Å²) in [5.74, 6) is -0.458. The molecule has 0 aliphatic carbocycles. The van der Waals surface area contributed by atoms with Gasteiger partial charge in [-0.1, -0.05) is 30.3 Å². The van der Waals surface area contributed by atoms with Crippen LogP contribution in [0.15, 0.2) is 54.6 Å². The lowest BCUT2D eigenvalue weighted by Gasteiger charge is -2.12. The van der Waals surface area contributed by atoms with Crippen LogP contribution in [0.3, 0.4) is 0 Å². The number of benzene rings is 2. The number of pyridine rings is 1. The van der Waals surface area contributed by atoms with Crippen molar-refractivity contribution < 1.29 is 19.1 Å². The molecule has 1 amide bonds. The summed E-state index contributed by atoms with van der Waals surface area (Å²) < 4.78 is 10.4. The van der Waals surface area contributed by atoms with Crippen LogP contribution in [-0.2, 0) is 9.53 Å². The van der Waals surface area contributed by atoms with E-state index in [1.807, 2.05) is 49.4 Å². The van der Waals surface area contributed by atoms with Gasteiger partial charge in [0.15, 0.2) is 12.3 Å². The molecule has 6 nitrogen and oxygen atoms in total. The first-order valence-corrected chi connectivity index (χ1v) is 8.05. The number of hydrogen-bond donors (Lipinski definition) is 1. The highest BCUT2D eigenvalue weighted by Crippen LogP contribution is 2.26. The number of nitrogens with one attached hydrogen (secondary N) is 1. The molecule has 3 aromatic rings. The molecule has 26 heavy (non-hydrogen) atoms. The second kappa shape index (κ2) is 7.65. The van der Waals surface area contributed by atoms with Crippen molar-refractivity contribution in [3.8, 4) is 5.75 Å². The Morgan fingerprint density at radius 2 is 1.81 bits per heavy atom. The maximum absolute atomic E-state index is 12.2. The van der Waals surface area contributed by atoms with E-state index >= 15 is 0 Å². The summed E-state index contributed by atoms with van der Waals surface area (Å²) in [4.78, 5) is 28.3. The van der Waals surface area contributed by atoms with Crippen LogP contribution in [0.5, 0.6) is 5.75 Å². The van der Waals surface area contributed by atoms with Crippen LogP contribution in [0.4, 0.5) is 5.69 Å². The zero-order valence-electron chi connectivity index (χ0n) is 14.5. The van der Waals surface area contributed by atoms with Crippen molar-refractivity contribution in [2.75, 3.05) is 19.0 Å². The largest absolute Gasteiger partial charge is 0.483 e. The number of fused-ring (bicyclic) bond motifs is 1. The van der Waals surface area contributed by atoms with Crippen molar-refractivity contribution in [1.82, 2.24) is 4.98 Å². The van der Waals surface area contributed by atoms with E-state index in [-0.39, 0.29) is 18.2 Å². The molecule has 6 heteroatoms. The smallest absolute Gasteiger partial charge is 0.356 e. The summed E-state index contributed by atoms with van der Waals surface area (Å²) in [6, 6.07) is 16.2. The highest BCUT2D eigenvalue weighted by atomic mass is 16.5. The van der Waals surface area contributed by atoms with Gasteiger partial charge in [-0.15, -0.1) is 0 Å². The molecular weight excluding hydrogens is 332 g/mol. The molecule has 0 fully saturated rings.